The molecule has 54 heavy (non-hydrogen) atoms. The average molecular weight is 753 g/mol. The maximum atomic E-state index is 14.0. The number of carbonyl (C=O) groups excluding carboxylic acids is 4. The molecule has 0 radical (unpaired) electrons. The number of ether oxygens (including phenoxy) is 4. The fraction of sp³-hybridized carbons (Fsp3) is 0.176. The van der Waals surface area contributed by atoms with Gasteiger partial charge in [0, 0.05) is 22.3 Å². The lowest BCUT2D eigenvalue weighted by atomic mass is 9.87. The van der Waals surface area contributed by atoms with E-state index in [4.69, 9.17) is 18.9 Å². The van der Waals surface area contributed by atoms with E-state index in [0.717, 1.165) is 0 Å². The molecular weight excluding hydrogens is 728 g/mol. The molecule has 4 aromatic carbocycles. The first-order chi connectivity index (χ1) is 25.4. The van der Waals surface area contributed by atoms with Gasteiger partial charge in [-0.2, -0.15) is 0 Å². The van der Waals surface area contributed by atoms with E-state index in [1.165, 1.54) is 0 Å². The summed E-state index contributed by atoms with van der Waals surface area (Å²) in [6.07, 6.45) is -8.19. The molecule has 0 amide bonds. The summed E-state index contributed by atoms with van der Waals surface area (Å²) < 4.78 is 22.4. The van der Waals surface area contributed by atoms with Gasteiger partial charge < -0.3 is 80.2 Å². The van der Waals surface area contributed by atoms with Gasteiger partial charge in [0.25, 0.3) is 0 Å². The van der Waals surface area contributed by atoms with Gasteiger partial charge in [-0.05, 0) is 37.1 Å². The highest BCUT2D eigenvalue weighted by Crippen LogP contribution is 2.55. The molecule has 2 bridgehead atoms. The van der Waals surface area contributed by atoms with Crippen molar-refractivity contribution in [2.75, 3.05) is 0 Å². The molecule has 1 aliphatic carbocycles. The van der Waals surface area contributed by atoms with Crippen molar-refractivity contribution in [3.05, 3.63) is 46.5 Å². The Morgan fingerprint density at radius 2 is 0.685 bits per heavy atom. The minimum absolute atomic E-state index is 0.389. The van der Waals surface area contributed by atoms with Crippen LogP contribution in [0.2, 0.25) is 0 Å². The Morgan fingerprint density at radius 1 is 0.352 bits per heavy atom. The average Bonchev–Trinajstić information content (AvgIpc) is 3.14. The largest absolute Gasteiger partial charge is 0.504 e. The second-order valence-corrected chi connectivity index (χ2v) is 12.3. The van der Waals surface area contributed by atoms with E-state index in [9.17, 15) is 80.5 Å². The summed E-state index contributed by atoms with van der Waals surface area (Å²) in [6.45, 7) is 0. The Kier molecular flexibility index (Phi) is 7.71. The molecule has 280 valence electrons. The maximum Gasteiger partial charge on any atom is 0.342 e. The second-order valence-electron chi connectivity index (χ2n) is 12.3. The van der Waals surface area contributed by atoms with Crippen molar-refractivity contribution in [2.45, 2.75) is 37.3 Å². The highest BCUT2D eigenvalue weighted by Gasteiger charge is 2.51. The fourth-order valence-electron chi connectivity index (χ4n) is 6.58. The van der Waals surface area contributed by atoms with E-state index >= 15 is 0 Å². The molecule has 0 spiro atoms. The molecule has 4 unspecified atom stereocenters. The minimum Gasteiger partial charge on any atom is -0.504 e. The van der Waals surface area contributed by atoms with Crippen LogP contribution in [0.3, 0.4) is 0 Å². The summed E-state index contributed by atoms with van der Waals surface area (Å²) in [5, 5.41) is 126. The number of rotatable bonds is 0. The summed E-state index contributed by atoms with van der Waals surface area (Å²) in [5.74, 6) is -20.7. The smallest absolute Gasteiger partial charge is 0.342 e. The van der Waals surface area contributed by atoms with Crippen molar-refractivity contribution in [1.82, 2.24) is 0 Å². The zero-order valence-corrected chi connectivity index (χ0v) is 26.7. The third-order valence-corrected chi connectivity index (χ3v) is 9.20. The Balaban J connectivity index is 1.43. The molecule has 4 atom stereocenters. The molecule has 0 saturated heterocycles. The van der Waals surface area contributed by atoms with E-state index in [2.05, 4.69) is 0 Å². The van der Waals surface area contributed by atoms with Gasteiger partial charge in [0.15, 0.2) is 58.2 Å². The zero-order chi connectivity index (χ0) is 39.2. The van der Waals surface area contributed by atoms with Crippen LogP contribution in [-0.2, 0) is 18.9 Å². The molecule has 12 N–H and O–H groups in total. The molecule has 1 fully saturated rings. The number of phenols is 12. The van der Waals surface area contributed by atoms with Crippen molar-refractivity contribution < 1.29 is 99.4 Å². The standard InChI is InChI=1S/C34H24O20/c35-12-4-8-17(25(43)22(12)40)7-3-11(21(39)28(46)20(7)38)34(50)54-30-16(51-31(8)47)2-1-15-29(30)53-33(49)10-6-14(37)24(42)27(45)19(10)18-9(32(48)52-15)5-13(36)23(41)26(18)44/h3-6,15-16,29-30,35-46H,1-2H2. The van der Waals surface area contributed by atoms with Gasteiger partial charge in [0.1, 0.15) is 17.8 Å². The number of hydrogen-bond donors (Lipinski definition) is 12. The first-order valence-electron chi connectivity index (χ1n) is 15.4. The van der Waals surface area contributed by atoms with Crippen LogP contribution in [0.5, 0.6) is 69.0 Å². The molecule has 1 saturated carbocycles. The summed E-state index contributed by atoms with van der Waals surface area (Å²) in [7, 11) is 0. The molecule has 20 nitrogen and oxygen atoms in total. The van der Waals surface area contributed by atoms with Crippen molar-refractivity contribution in [1.29, 1.82) is 0 Å². The van der Waals surface area contributed by atoms with E-state index < -0.39 is 168 Å². The predicted molar refractivity (Wildman–Crippen MR) is 170 cm³/mol. The van der Waals surface area contributed by atoms with Crippen LogP contribution in [0.25, 0.3) is 22.3 Å². The van der Waals surface area contributed by atoms with Gasteiger partial charge in [0.2, 0.25) is 23.0 Å². The van der Waals surface area contributed by atoms with E-state index in [1.54, 1.807) is 0 Å². The van der Waals surface area contributed by atoms with Gasteiger partial charge in [-0.15, -0.1) is 0 Å². The van der Waals surface area contributed by atoms with E-state index in [0.29, 0.717) is 24.3 Å². The third kappa shape index (κ3) is 4.98. The third-order valence-electron chi connectivity index (χ3n) is 9.20. The van der Waals surface area contributed by atoms with Gasteiger partial charge in [-0.25, -0.2) is 19.2 Å². The van der Waals surface area contributed by atoms with E-state index in [1.807, 2.05) is 0 Å². The number of phenolic OH excluding ortho intramolecular Hbond substituents is 12. The number of esters is 4. The maximum absolute atomic E-state index is 14.0. The molecule has 2 heterocycles. The van der Waals surface area contributed by atoms with Gasteiger partial charge >= 0.3 is 23.9 Å². The summed E-state index contributed by atoms with van der Waals surface area (Å²) in [5.41, 5.74) is -6.79. The van der Waals surface area contributed by atoms with E-state index in [-0.39, 0.29) is 6.42 Å². The van der Waals surface area contributed by atoms with Crippen LogP contribution in [0, 0.1) is 0 Å². The first kappa shape index (κ1) is 34.8. The highest BCUT2D eigenvalue weighted by atomic mass is 16.6. The SMILES string of the molecule is O=C1OC2C(CCC3OC(=O)c4cc(O)c(O)c(O)c4-c4c(cc(O)c(O)c4O)C(=O)OC32)OC(=O)c2cc(O)c(O)c(O)c2-c2cc1c(O)c(O)c2O. The fourth-order valence-corrected chi connectivity index (χ4v) is 6.58. The monoisotopic (exact) mass is 752 g/mol. The van der Waals surface area contributed by atoms with Crippen LogP contribution in [0.15, 0.2) is 24.3 Å². The topological polar surface area (TPSA) is 348 Å². The predicted octanol–water partition coefficient (Wildman–Crippen LogP) is 2.11. The summed E-state index contributed by atoms with van der Waals surface area (Å²) in [6, 6.07) is 2.36. The Bertz CT molecular complexity index is 2380. The number of aromatic hydroxyl groups is 12. The molecule has 20 heteroatoms. The van der Waals surface area contributed by atoms with Crippen molar-refractivity contribution in [3.63, 3.8) is 0 Å². The zero-order valence-electron chi connectivity index (χ0n) is 26.7. The lowest BCUT2D eigenvalue weighted by molar-refractivity contribution is -0.147. The Hall–Kier alpha value is -7.64. The van der Waals surface area contributed by atoms with Gasteiger partial charge in [-0.1, -0.05) is 0 Å². The molecule has 2 aliphatic heterocycles. The van der Waals surface area contributed by atoms with Crippen molar-refractivity contribution in [2.24, 2.45) is 0 Å². The van der Waals surface area contributed by atoms with Gasteiger partial charge in [0.05, 0.1) is 16.7 Å². The highest BCUT2D eigenvalue weighted by molar-refractivity contribution is 6.09. The molecular formula is C34H24O20. The van der Waals surface area contributed by atoms with Gasteiger partial charge in [-0.3, -0.25) is 0 Å². The van der Waals surface area contributed by atoms with Crippen LogP contribution in [0.1, 0.15) is 54.3 Å². The van der Waals surface area contributed by atoms with Crippen molar-refractivity contribution in [3.8, 4) is 91.2 Å². The van der Waals surface area contributed by atoms with Crippen LogP contribution in [-0.4, -0.2) is 110 Å². The quantitative estimate of drug-likeness (QED) is 0.0695. The van der Waals surface area contributed by atoms with Crippen LogP contribution >= 0.6 is 0 Å². The number of benzene rings is 4. The number of carbonyl (C=O) groups is 4. The van der Waals surface area contributed by atoms with Crippen LogP contribution < -0.4 is 0 Å². The van der Waals surface area contributed by atoms with Crippen molar-refractivity contribution >= 4 is 23.9 Å². The minimum atomic E-state index is -2.03. The summed E-state index contributed by atoms with van der Waals surface area (Å²) >= 11 is 0. The number of fused-ring (bicyclic) bond motifs is 10. The molecule has 7 rings (SSSR count). The van der Waals surface area contributed by atoms with Crippen LogP contribution in [0.4, 0.5) is 0 Å². The second kappa shape index (κ2) is 12.0. The molecule has 3 aliphatic rings. The summed E-state index contributed by atoms with van der Waals surface area (Å²) in [4.78, 5) is 55.2. The molecule has 0 aromatic heterocycles. The normalized spacial score (nSPS) is 20.6. The Labute approximate surface area is 298 Å². The number of hydrogen-bond acceptors (Lipinski definition) is 20. The Morgan fingerprint density at radius 3 is 1.11 bits per heavy atom. The molecule has 4 aromatic rings. The lowest BCUT2D eigenvalue weighted by Crippen LogP contribution is -2.55. The lowest BCUT2D eigenvalue weighted by Gasteiger charge is -2.40. The first-order valence-corrected chi connectivity index (χ1v) is 15.4.